The monoisotopic (exact) mass is 1980 g/mol. The molecule has 6 atom stereocenters. The summed E-state index contributed by atoms with van der Waals surface area (Å²) in [4.78, 5) is 229. The molecule has 11 aliphatic heterocycles. The summed E-state index contributed by atoms with van der Waals surface area (Å²) in [5.41, 5.74) is 1.04. The summed E-state index contributed by atoms with van der Waals surface area (Å²) >= 11 is 0. The number of para-hydroxylation sites is 1. The van der Waals surface area contributed by atoms with Gasteiger partial charge in [0.2, 0.25) is 46.9 Å². The van der Waals surface area contributed by atoms with Gasteiger partial charge in [-0.2, -0.15) is 0 Å². The Morgan fingerprint density at radius 2 is 0.803 bits per heavy atom. The number of aromatic hydroxyl groups is 1. The Bertz CT molecular complexity index is 7380. The van der Waals surface area contributed by atoms with Crippen molar-refractivity contribution in [3.8, 4) is 87.4 Å². The summed E-state index contributed by atoms with van der Waals surface area (Å²) in [7, 11) is 6.08. The minimum atomic E-state index is -1.68. The van der Waals surface area contributed by atoms with Crippen LogP contribution in [-0.2, 0) is 95.4 Å². The van der Waals surface area contributed by atoms with Crippen LogP contribution in [0.4, 0.5) is 9.59 Å². The third-order valence-corrected chi connectivity index (χ3v) is 28.1. The molecular weight excluding hydrogens is 1890 g/mol. The van der Waals surface area contributed by atoms with Crippen LogP contribution in [0.3, 0.4) is 0 Å². The number of urea groups is 2. The number of imide groups is 5. The van der Waals surface area contributed by atoms with Crippen molar-refractivity contribution < 1.29 is 111 Å². The maximum atomic E-state index is 13.1. The van der Waals surface area contributed by atoms with Gasteiger partial charge < -0.3 is 69.6 Å². The van der Waals surface area contributed by atoms with Crippen LogP contribution in [0, 0.1) is 63.6 Å². The van der Waals surface area contributed by atoms with Gasteiger partial charge in [-0.25, -0.2) is 9.59 Å². The third kappa shape index (κ3) is 19.8. The van der Waals surface area contributed by atoms with E-state index in [1.165, 1.54) is 62.3 Å². The Morgan fingerprint density at radius 1 is 0.408 bits per heavy atom. The highest BCUT2D eigenvalue weighted by molar-refractivity contribution is 6.14. The summed E-state index contributed by atoms with van der Waals surface area (Å²) in [6.45, 7) is 8.69. The van der Waals surface area contributed by atoms with Gasteiger partial charge in [-0.3, -0.25) is 108 Å². The summed E-state index contributed by atoms with van der Waals surface area (Å²) in [5.74, 6) is 19.5. The number of ether oxygens (including phenoxy) is 4. The fourth-order valence-corrected chi connectivity index (χ4v) is 19.6. The molecule has 10 N–H and O–H groups in total. The van der Waals surface area contributed by atoms with E-state index in [0.29, 0.717) is 129 Å². The van der Waals surface area contributed by atoms with Crippen LogP contribution in [-0.4, -0.2) is 225 Å². The molecule has 0 radical (unpaired) electrons. The van der Waals surface area contributed by atoms with Crippen molar-refractivity contribution in [2.24, 2.45) is 16.2 Å². The number of Topliss-reactive ketones (excluding diaryl/α,β-unsaturated/α-hetero) is 1. The second-order valence-corrected chi connectivity index (χ2v) is 37.3. The zero-order chi connectivity index (χ0) is 104. The number of carbonyl (C=O) groups is 17. The molecule has 2 aromatic heterocycles. The number of carboxylic acids is 1. The highest BCUT2D eigenvalue weighted by Gasteiger charge is 2.55. The van der Waals surface area contributed by atoms with Crippen molar-refractivity contribution in [1.29, 1.82) is 0 Å². The first-order chi connectivity index (χ1) is 70.4. The van der Waals surface area contributed by atoms with Crippen molar-refractivity contribution >= 4 is 101 Å². The molecule has 7 saturated heterocycles. The van der Waals surface area contributed by atoms with Gasteiger partial charge >= 0.3 is 18.0 Å². The van der Waals surface area contributed by atoms with Gasteiger partial charge in [0.25, 0.3) is 35.4 Å². The van der Waals surface area contributed by atoms with Crippen LogP contribution in [0.2, 0.25) is 0 Å². The van der Waals surface area contributed by atoms with Gasteiger partial charge in [0.1, 0.15) is 50.5 Å². The van der Waals surface area contributed by atoms with Crippen LogP contribution in [0.1, 0.15) is 168 Å². The number of aliphatic carboxylic acids is 1. The number of benzene rings is 7. The van der Waals surface area contributed by atoms with Crippen LogP contribution >= 0.6 is 0 Å². The number of aromatic nitrogens is 2. The molecule has 7 fully saturated rings. The molecular formula is C109H97N15O23. The number of hydrogen-bond acceptors (Lipinski definition) is 25. The molecule has 38 heteroatoms. The number of likely N-dealkylation sites (tertiary alicyclic amines) is 1. The lowest BCUT2D eigenvalue weighted by Gasteiger charge is -2.38. The molecule has 20 rings (SSSR count). The molecule has 7 aromatic carbocycles. The standard InChI is InChI=1S/C30H31N3O6.C28H25N3O6.C27H21N3O5.C24H20N6O6/c1-3-32-14-12-30(13-15-32,28(37)38)22-7-4-20(5-8-22)10-11-29(17-25(34)31-27(29)36)19-33-18-21-6-9-23(39-2)16-24(21)26(33)35;1-3-28(22(32)13-23(33)30-28)19-7-4-17(5-8-19)10-11-27(14-24(34)29-26(27)36)16-31-15-18-6-9-20(37-2)12-21(18)25(31)35;1-35-19-8-7-18-15-30(25(33)21(18)12-19)16-27(13-24(32)29-26(27)34)11-10-17-6-9-22(28-14-17)20-4-2-3-5-23(20)31;1-23(19(32)26-21(34)28-23)17-6-3-13(10-25-17)7-8-24(20(33)27-22(35)29-24)12-30-11-14-4-5-15(36-2)9-16(14)18(30)31/h4-9,16H,3,12-15,17-19H2,1-2H3,(H,37,38)(H,31,34,36);4-9,12H,3,13-16H2,1-2H3,(H,30,33)(H,29,34,36);2-9,12,14,31H,13,15-16H2,1H3,(H,29,32,34);3-6,9-10H,11-12H2,1-2H3,(H2,26,28,32,34)(H2,27,29,33,35)/t29-;;27-;23?,24-/m1.11/s1. The lowest BCUT2D eigenvalue weighted by Crippen LogP contribution is -2.54. The van der Waals surface area contributed by atoms with Gasteiger partial charge in [-0.05, 0) is 188 Å². The van der Waals surface area contributed by atoms with Gasteiger partial charge in [0.15, 0.2) is 11.3 Å². The smallest absolute Gasteiger partial charge is 0.323 e. The van der Waals surface area contributed by atoms with Gasteiger partial charge in [0.05, 0.1) is 77.5 Å². The Morgan fingerprint density at radius 3 is 1.15 bits per heavy atom. The Balaban J connectivity index is 0.000000134. The van der Waals surface area contributed by atoms with Crippen molar-refractivity contribution in [2.45, 2.75) is 114 Å². The van der Waals surface area contributed by atoms with Crippen LogP contribution in [0.15, 0.2) is 182 Å². The number of phenols is 1. The fourth-order valence-electron chi connectivity index (χ4n) is 19.6. The van der Waals surface area contributed by atoms with Crippen molar-refractivity contribution in [3.05, 3.63) is 266 Å². The Labute approximate surface area is 841 Å². The number of carbonyl (C=O) groups excluding carboxylic acids is 16. The molecule has 13 heterocycles. The van der Waals surface area contributed by atoms with E-state index in [-0.39, 0.29) is 99.5 Å². The number of fused-ring (bicyclic) bond motifs is 4. The van der Waals surface area contributed by atoms with E-state index in [2.05, 4.69) is 112 Å². The van der Waals surface area contributed by atoms with Gasteiger partial charge in [-0.15, -0.1) is 0 Å². The molecule has 147 heavy (non-hydrogen) atoms. The highest BCUT2D eigenvalue weighted by Crippen LogP contribution is 2.42. The maximum Gasteiger partial charge on any atom is 0.323 e. The average Bonchev–Trinajstić information content (AvgIpc) is 1.21. The number of ketones is 1. The van der Waals surface area contributed by atoms with Crippen molar-refractivity contribution in [2.75, 3.05) is 74.3 Å². The summed E-state index contributed by atoms with van der Waals surface area (Å²) in [6.07, 6.45) is 3.84. The molecule has 17 amide bonds. The van der Waals surface area contributed by atoms with E-state index in [4.69, 9.17) is 18.9 Å². The predicted octanol–water partition coefficient (Wildman–Crippen LogP) is 5.84. The lowest BCUT2D eigenvalue weighted by molar-refractivity contribution is -0.146. The summed E-state index contributed by atoms with van der Waals surface area (Å²) in [5, 5.41) is 39.3. The molecule has 3 unspecified atom stereocenters. The Hall–Kier alpha value is -18.2. The van der Waals surface area contributed by atoms with Gasteiger partial charge in [-0.1, -0.05) is 122 Å². The number of nitrogens with zero attached hydrogens (tertiary/aromatic N) is 7. The minimum absolute atomic E-state index is 0.0171. The molecule has 0 saturated carbocycles. The predicted molar refractivity (Wildman–Crippen MR) is 521 cm³/mol. The molecule has 0 spiro atoms. The topological polar surface area (TPSA) is 506 Å². The number of phenolic OH excluding ortho intramolecular Hbond substituents is 1. The number of piperidine rings is 1. The zero-order valence-corrected chi connectivity index (χ0v) is 80.6. The molecule has 38 nitrogen and oxygen atoms in total. The zero-order valence-electron chi connectivity index (χ0n) is 80.6. The van der Waals surface area contributed by atoms with Crippen LogP contribution < -0.4 is 61.5 Å². The van der Waals surface area contributed by atoms with E-state index < -0.39 is 104 Å². The SMILES string of the molecule is CCC1(c2ccc(C#CC3(CN4Cc5ccc(OC)cc5C4=O)CC(=O)NC3=O)cc2)NC(=O)CC1=O.CCN1CCC(C(=O)O)(c2ccc(C#C[C@]3(CN4Cc5ccc(OC)cc5C4=O)CC(=O)NC3=O)cc2)CC1.COc1ccc2c(c1)C(=O)N(C[C@@]1(C#Cc3ccc(-c4ccccc4O)nc3)CC(=O)NC1=O)C2.COc1ccc2c(c1)C(=O)N(C[C@@]1(C#Cc3ccc(C4(C)NC(=O)NC4=O)nc3)NC(=O)NC1=O)C2. The Kier molecular flexibility index (Phi) is 27.5. The second-order valence-electron chi connectivity index (χ2n) is 37.3. The van der Waals surface area contributed by atoms with E-state index in [9.17, 15) is 91.7 Å². The normalized spacial score (nSPS) is 22.5. The number of amides is 17. The number of carboxylic acid groups (broad SMARTS) is 1. The second kappa shape index (κ2) is 40.3. The van der Waals surface area contributed by atoms with Crippen LogP contribution in [0.5, 0.6) is 28.7 Å². The quantitative estimate of drug-likeness (QED) is 0.0197. The van der Waals surface area contributed by atoms with E-state index in [1.807, 2.05) is 25.1 Å². The summed E-state index contributed by atoms with van der Waals surface area (Å²) < 4.78 is 20.9. The van der Waals surface area contributed by atoms with E-state index >= 15 is 0 Å². The van der Waals surface area contributed by atoms with Crippen molar-refractivity contribution in [1.82, 2.24) is 77.0 Å². The van der Waals surface area contributed by atoms with Crippen molar-refractivity contribution in [3.63, 3.8) is 0 Å². The third-order valence-electron chi connectivity index (χ3n) is 28.1. The first kappa shape index (κ1) is 100. The highest BCUT2D eigenvalue weighted by atomic mass is 16.5. The molecule has 11 aliphatic rings. The van der Waals surface area contributed by atoms with E-state index in [0.717, 1.165) is 47.5 Å². The number of rotatable bonds is 19. The van der Waals surface area contributed by atoms with E-state index in [1.54, 1.807) is 157 Å². The largest absolute Gasteiger partial charge is 0.507 e. The number of methoxy groups -OCH3 is 4. The molecule has 0 bridgehead atoms. The van der Waals surface area contributed by atoms with Gasteiger partial charge in [0, 0.05) is 108 Å². The first-order valence-corrected chi connectivity index (χ1v) is 46.9. The maximum absolute atomic E-state index is 13.1. The fraction of sp³-hybridized carbons (Fsp3) is 0.294. The average molecular weight is 1990 g/mol. The van der Waals surface area contributed by atoms with Crippen LogP contribution in [0.25, 0.3) is 11.3 Å². The minimum Gasteiger partial charge on any atom is -0.507 e. The molecule has 9 aromatic rings. The number of hydrogen-bond donors (Lipinski definition) is 10. The molecule has 0 aliphatic carbocycles. The lowest BCUT2D eigenvalue weighted by atomic mass is 9.72. The molecule has 746 valence electrons. The first-order valence-electron chi connectivity index (χ1n) is 46.9. The summed E-state index contributed by atoms with van der Waals surface area (Å²) in [6, 6.07) is 47.0. The number of nitrogens with one attached hydrogen (secondary N) is 8. The number of pyridine rings is 2.